The number of hydrogen-bond donors (Lipinski definition) is 1. The first kappa shape index (κ1) is 17.7. The molecule has 2 aliphatic heterocycles. The van der Waals surface area contributed by atoms with E-state index in [9.17, 15) is 19.2 Å². The first-order valence-electron chi connectivity index (χ1n) is 8.48. The lowest BCUT2D eigenvalue weighted by Gasteiger charge is -2.38. The van der Waals surface area contributed by atoms with E-state index in [0.717, 1.165) is 10.6 Å². The summed E-state index contributed by atoms with van der Waals surface area (Å²) in [7, 11) is 0. The van der Waals surface area contributed by atoms with Gasteiger partial charge in [0.1, 0.15) is 6.04 Å². The first-order valence-corrected chi connectivity index (χ1v) is 8.48. The van der Waals surface area contributed by atoms with Gasteiger partial charge < -0.3 is 4.90 Å². The van der Waals surface area contributed by atoms with Gasteiger partial charge in [0, 0.05) is 18.8 Å². The Morgan fingerprint density at radius 3 is 2.65 bits per heavy atom. The number of nitrogens with zero attached hydrogens (tertiary/aromatic N) is 2. The first-order chi connectivity index (χ1) is 12.5. The number of hydrogen-bond acceptors (Lipinski definition) is 5. The summed E-state index contributed by atoms with van der Waals surface area (Å²) >= 11 is 0. The van der Waals surface area contributed by atoms with Crippen LogP contribution >= 0.6 is 0 Å². The molecule has 0 saturated carbocycles. The minimum atomic E-state index is -1.00. The van der Waals surface area contributed by atoms with Gasteiger partial charge in [0.15, 0.2) is 0 Å². The Kier molecular flexibility index (Phi) is 4.76. The zero-order chi connectivity index (χ0) is 18.8. The predicted molar refractivity (Wildman–Crippen MR) is 94.4 cm³/mol. The van der Waals surface area contributed by atoms with Crippen LogP contribution in [0.3, 0.4) is 0 Å². The van der Waals surface area contributed by atoms with Crippen LogP contribution in [0.5, 0.6) is 0 Å². The molecule has 1 aromatic carbocycles. The molecule has 3 rings (SSSR count). The number of rotatable bonds is 6. The van der Waals surface area contributed by atoms with Gasteiger partial charge in [0.05, 0.1) is 17.0 Å². The van der Waals surface area contributed by atoms with Crippen LogP contribution < -0.4 is 10.2 Å². The fourth-order valence-electron chi connectivity index (χ4n) is 3.33. The van der Waals surface area contributed by atoms with E-state index in [1.54, 1.807) is 18.2 Å². The normalized spacial score (nSPS) is 17.4. The van der Waals surface area contributed by atoms with Crippen LogP contribution in [0.25, 0.3) is 0 Å². The molecule has 0 radical (unpaired) electrons. The van der Waals surface area contributed by atoms with E-state index in [2.05, 4.69) is 5.92 Å². The van der Waals surface area contributed by atoms with Crippen LogP contribution in [0.4, 0.5) is 5.69 Å². The molecule has 0 aromatic heterocycles. The van der Waals surface area contributed by atoms with Crippen molar-refractivity contribution in [2.75, 3.05) is 18.0 Å². The number of terminal acetylenes is 1. The van der Waals surface area contributed by atoms with Crippen LogP contribution in [0, 0.1) is 18.3 Å². The number of nitrogens with one attached hydrogen (secondary N) is 1. The lowest BCUT2D eigenvalue weighted by atomic mass is 9.99. The molecule has 0 bridgehead atoms. The predicted octanol–water partition coefficient (Wildman–Crippen LogP) is 0.793. The summed E-state index contributed by atoms with van der Waals surface area (Å²) in [6.07, 6.45) is 6.52. The van der Waals surface area contributed by atoms with Crippen molar-refractivity contribution in [1.29, 1.82) is 0 Å². The maximum absolute atomic E-state index is 12.8. The molecule has 1 aromatic rings. The van der Waals surface area contributed by atoms with E-state index in [4.69, 9.17) is 6.42 Å². The average Bonchev–Trinajstić information content (AvgIpc) is 2.83. The minimum absolute atomic E-state index is 0.193. The Morgan fingerprint density at radius 2 is 2.04 bits per heavy atom. The molecule has 7 nitrogen and oxygen atoms in total. The monoisotopic (exact) mass is 353 g/mol. The Hall–Kier alpha value is -3.14. The smallest absolute Gasteiger partial charge is 0.262 e. The number of amides is 4. The fraction of sp³-hybridized carbons (Fsp3) is 0.368. The third-order valence-corrected chi connectivity index (χ3v) is 4.76. The number of benzene rings is 1. The minimum Gasteiger partial charge on any atom is -0.369 e. The molecular formula is C19H19N3O4. The van der Waals surface area contributed by atoms with E-state index in [1.807, 2.05) is 17.1 Å². The highest BCUT2D eigenvalue weighted by Gasteiger charge is 2.43. The van der Waals surface area contributed by atoms with Gasteiger partial charge in [-0.1, -0.05) is 19.3 Å². The molecule has 4 amide bonds. The molecule has 2 heterocycles. The summed E-state index contributed by atoms with van der Waals surface area (Å²) in [6, 6.07) is 4.05. The Labute approximate surface area is 151 Å². The molecule has 1 saturated heterocycles. The van der Waals surface area contributed by atoms with E-state index in [1.165, 1.54) is 0 Å². The van der Waals surface area contributed by atoms with Crippen molar-refractivity contribution < 1.29 is 19.2 Å². The van der Waals surface area contributed by atoms with Crippen molar-refractivity contribution in [2.24, 2.45) is 5.92 Å². The summed E-state index contributed by atoms with van der Waals surface area (Å²) in [4.78, 5) is 51.2. The van der Waals surface area contributed by atoms with Crippen molar-refractivity contribution in [3.05, 3.63) is 29.3 Å². The Bertz CT molecular complexity index is 821. The van der Waals surface area contributed by atoms with Crippen molar-refractivity contribution in [1.82, 2.24) is 10.2 Å². The molecule has 1 unspecified atom stereocenters. The number of fused-ring (bicyclic) bond motifs is 1. The molecule has 0 spiro atoms. The van der Waals surface area contributed by atoms with Gasteiger partial charge in [0.2, 0.25) is 12.3 Å². The van der Waals surface area contributed by atoms with E-state index in [0.29, 0.717) is 19.5 Å². The van der Waals surface area contributed by atoms with Crippen LogP contribution in [-0.4, -0.2) is 48.2 Å². The maximum Gasteiger partial charge on any atom is 0.262 e. The molecular weight excluding hydrogens is 334 g/mol. The summed E-state index contributed by atoms with van der Waals surface area (Å²) in [5.41, 5.74) is 1.37. The second kappa shape index (κ2) is 7.00. The van der Waals surface area contributed by atoms with Crippen molar-refractivity contribution >= 4 is 29.8 Å². The molecule has 26 heavy (non-hydrogen) atoms. The van der Waals surface area contributed by atoms with Gasteiger partial charge in [-0.3, -0.25) is 29.4 Å². The largest absolute Gasteiger partial charge is 0.369 e. The number of imide groups is 2. The second-order valence-electron chi connectivity index (χ2n) is 6.41. The Balaban J connectivity index is 1.88. The summed E-state index contributed by atoms with van der Waals surface area (Å²) in [6.45, 7) is 3.26. The van der Waals surface area contributed by atoms with Crippen molar-refractivity contribution in [2.45, 2.75) is 25.8 Å². The third kappa shape index (κ3) is 2.84. The lowest BCUT2D eigenvalue weighted by molar-refractivity contribution is -0.128. The molecule has 2 aliphatic rings. The lowest BCUT2D eigenvalue weighted by Crippen LogP contribution is -2.49. The maximum atomic E-state index is 12.8. The van der Waals surface area contributed by atoms with Crippen LogP contribution in [0.1, 0.15) is 40.5 Å². The van der Waals surface area contributed by atoms with E-state index < -0.39 is 23.8 Å². The van der Waals surface area contributed by atoms with Gasteiger partial charge in [0.25, 0.3) is 11.8 Å². The van der Waals surface area contributed by atoms with E-state index >= 15 is 0 Å². The van der Waals surface area contributed by atoms with Crippen LogP contribution in [-0.2, 0) is 9.59 Å². The molecule has 1 N–H and O–H groups in total. The third-order valence-electron chi connectivity index (χ3n) is 4.76. The van der Waals surface area contributed by atoms with Gasteiger partial charge >= 0.3 is 0 Å². The average molecular weight is 353 g/mol. The summed E-state index contributed by atoms with van der Waals surface area (Å²) in [5.74, 6) is 1.20. The zero-order valence-corrected chi connectivity index (χ0v) is 14.4. The second-order valence-corrected chi connectivity index (χ2v) is 6.41. The van der Waals surface area contributed by atoms with Crippen molar-refractivity contribution in [3.8, 4) is 12.3 Å². The SMILES string of the molecule is C#CC1CN(c2ccc3c(c2)C(=O)N(C(CCC)C(=O)NC=O)C3=O)C1. The highest BCUT2D eigenvalue weighted by atomic mass is 16.2. The molecule has 0 aliphatic carbocycles. The van der Waals surface area contributed by atoms with Gasteiger partial charge in [-0.05, 0) is 24.6 Å². The number of carbonyl (C=O) groups excluding carboxylic acids is 4. The van der Waals surface area contributed by atoms with Gasteiger partial charge in [-0.15, -0.1) is 6.42 Å². The van der Waals surface area contributed by atoms with Gasteiger partial charge in [-0.25, -0.2) is 0 Å². The topological polar surface area (TPSA) is 86.8 Å². The molecule has 1 fully saturated rings. The van der Waals surface area contributed by atoms with E-state index in [-0.39, 0.29) is 29.9 Å². The van der Waals surface area contributed by atoms with Gasteiger partial charge in [-0.2, -0.15) is 0 Å². The fourth-order valence-corrected chi connectivity index (χ4v) is 3.33. The quantitative estimate of drug-likeness (QED) is 0.464. The van der Waals surface area contributed by atoms with Crippen molar-refractivity contribution in [3.63, 3.8) is 0 Å². The highest BCUT2D eigenvalue weighted by molar-refractivity contribution is 6.23. The highest BCUT2D eigenvalue weighted by Crippen LogP contribution is 2.32. The Morgan fingerprint density at radius 1 is 1.35 bits per heavy atom. The molecule has 7 heteroatoms. The van der Waals surface area contributed by atoms with Crippen LogP contribution in [0.2, 0.25) is 0 Å². The molecule has 134 valence electrons. The summed E-state index contributed by atoms with van der Waals surface area (Å²) in [5, 5.41) is 2.04. The number of carbonyl (C=O) groups is 4. The molecule has 1 atom stereocenters. The zero-order valence-electron chi connectivity index (χ0n) is 14.4. The number of anilines is 1. The summed E-state index contributed by atoms with van der Waals surface area (Å²) < 4.78 is 0. The standard InChI is InChI=1S/C19H19N3O4/c1-3-5-16(17(24)20-11-23)22-18(25)14-7-6-13(8-15(14)19(22)26)21-9-12(4-2)10-21/h2,6-8,11-12,16H,3,5,9-10H2,1H3,(H,20,23,24). The van der Waals surface area contributed by atoms with Crippen LogP contribution in [0.15, 0.2) is 18.2 Å².